The number of carbonyl (C=O) groups is 2. The standard InChI is InChI=1S/C6H13N3O5S/c1-8(2)15(13,14)9(3-5(7)10)4-6(11)12/h3-4H2,1-2H3,(H2,7,10)(H,11,12). The van der Waals surface area contributed by atoms with Crippen LogP contribution in [0.5, 0.6) is 0 Å². The number of rotatable bonds is 6. The number of carbonyl (C=O) groups excluding carboxylic acids is 1. The maximum absolute atomic E-state index is 11.5. The molecule has 0 aliphatic heterocycles. The van der Waals surface area contributed by atoms with Crippen molar-refractivity contribution in [3.8, 4) is 0 Å². The summed E-state index contributed by atoms with van der Waals surface area (Å²) in [6, 6.07) is 0. The molecule has 0 heterocycles. The highest BCUT2D eigenvalue weighted by atomic mass is 32.2. The molecule has 0 atom stereocenters. The van der Waals surface area contributed by atoms with Gasteiger partial charge < -0.3 is 10.8 Å². The Morgan fingerprint density at radius 2 is 1.73 bits per heavy atom. The van der Waals surface area contributed by atoms with E-state index in [9.17, 15) is 18.0 Å². The summed E-state index contributed by atoms with van der Waals surface area (Å²) < 4.78 is 24.3. The SMILES string of the molecule is CN(C)S(=O)(=O)N(CC(N)=O)CC(=O)O. The zero-order chi connectivity index (χ0) is 12.2. The van der Waals surface area contributed by atoms with Crippen LogP contribution in [0.4, 0.5) is 0 Å². The van der Waals surface area contributed by atoms with Crippen LogP contribution in [0.2, 0.25) is 0 Å². The maximum atomic E-state index is 11.5. The van der Waals surface area contributed by atoms with Crippen molar-refractivity contribution >= 4 is 22.1 Å². The average Bonchev–Trinajstić information content (AvgIpc) is 2.00. The van der Waals surface area contributed by atoms with Gasteiger partial charge in [0.1, 0.15) is 6.54 Å². The third-order valence-corrected chi connectivity index (χ3v) is 3.27. The molecule has 0 unspecified atom stereocenters. The monoisotopic (exact) mass is 239 g/mol. The maximum Gasteiger partial charge on any atom is 0.318 e. The molecule has 0 spiro atoms. The lowest BCUT2D eigenvalue weighted by atomic mass is 10.5. The molecule has 0 rings (SSSR count). The summed E-state index contributed by atoms with van der Waals surface area (Å²) in [4.78, 5) is 20.9. The van der Waals surface area contributed by atoms with Crippen molar-refractivity contribution in [3.63, 3.8) is 0 Å². The predicted molar refractivity (Wildman–Crippen MR) is 51.0 cm³/mol. The topological polar surface area (TPSA) is 121 Å². The first kappa shape index (κ1) is 13.8. The van der Waals surface area contributed by atoms with Crippen molar-refractivity contribution in [3.05, 3.63) is 0 Å². The van der Waals surface area contributed by atoms with E-state index in [1.165, 1.54) is 14.1 Å². The number of hydrogen-bond acceptors (Lipinski definition) is 4. The molecule has 1 amide bonds. The van der Waals surface area contributed by atoms with Gasteiger partial charge in [0.05, 0.1) is 6.54 Å². The molecule has 0 saturated carbocycles. The molecule has 0 fully saturated rings. The van der Waals surface area contributed by atoms with Gasteiger partial charge in [-0.25, -0.2) is 0 Å². The van der Waals surface area contributed by atoms with E-state index in [0.717, 1.165) is 4.31 Å². The Morgan fingerprint density at radius 3 is 2.00 bits per heavy atom. The molecule has 0 bridgehead atoms. The molecular weight excluding hydrogens is 226 g/mol. The highest BCUT2D eigenvalue weighted by Gasteiger charge is 2.27. The average molecular weight is 239 g/mol. The Labute approximate surface area is 87.4 Å². The number of hydrogen-bond donors (Lipinski definition) is 2. The van der Waals surface area contributed by atoms with E-state index in [4.69, 9.17) is 10.8 Å². The van der Waals surface area contributed by atoms with Crippen molar-refractivity contribution in [1.82, 2.24) is 8.61 Å². The summed E-state index contributed by atoms with van der Waals surface area (Å²) in [6.45, 7) is -1.46. The first-order chi connectivity index (χ1) is 6.67. The summed E-state index contributed by atoms with van der Waals surface area (Å²) in [6.07, 6.45) is 0. The third-order valence-electron chi connectivity index (χ3n) is 1.43. The second kappa shape index (κ2) is 5.05. The smallest absolute Gasteiger partial charge is 0.318 e. The van der Waals surface area contributed by atoms with Crippen LogP contribution in [-0.4, -0.2) is 61.2 Å². The Kier molecular flexibility index (Phi) is 4.65. The quantitative estimate of drug-likeness (QED) is 0.538. The van der Waals surface area contributed by atoms with Gasteiger partial charge in [-0.2, -0.15) is 17.0 Å². The lowest BCUT2D eigenvalue weighted by Gasteiger charge is -2.22. The second-order valence-corrected chi connectivity index (χ2v) is 5.06. The van der Waals surface area contributed by atoms with Crippen LogP contribution in [0.25, 0.3) is 0 Å². The van der Waals surface area contributed by atoms with Crippen LogP contribution in [0, 0.1) is 0 Å². The van der Waals surface area contributed by atoms with Crippen molar-refractivity contribution in [1.29, 1.82) is 0 Å². The summed E-state index contributed by atoms with van der Waals surface area (Å²) in [7, 11) is -1.49. The van der Waals surface area contributed by atoms with Gasteiger partial charge in [0.2, 0.25) is 5.91 Å². The molecule has 9 heteroatoms. The number of nitrogens with two attached hydrogens (primary N) is 1. The van der Waals surface area contributed by atoms with Gasteiger partial charge in [0.25, 0.3) is 10.2 Å². The van der Waals surface area contributed by atoms with Crippen LogP contribution in [0.15, 0.2) is 0 Å². The van der Waals surface area contributed by atoms with Crippen LogP contribution in [-0.2, 0) is 19.8 Å². The molecule has 8 nitrogen and oxygen atoms in total. The number of amides is 1. The Balaban J connectivity index is 4.93. The predicted octanol–water partition coefficient (Wildman–Crippen LogP) is -2.34. The van der Waals surface area contributed by atoms with Gasteiger partial charge in [0.15, 0.2) is 0 Å². The molecule has 0 saturated heterocycles. The highest BCUT2D eigenvalue weighted by Crippen LogP contribution is 2.03. The molecule has 0 aliphatic carbocycles. The number of carboxylic acids is 1. The number of aliphatic carboxylic acids is 1. The fraction of sp³-hybridized carbons (Fsp3) is 0.667. The Morgan fingerprint density at radius 1 is 1.27 bits per heavy atom. The van der Waals surface area contributed by atoms with Crippen LogP contribution in [0.3, 0.4) is 0 Å². The van der Waals surface area contributed by atoms with Gasteiger partial charge in [-0.05, 0) is 0 Å². The lowest BCUT2D eigenvalue weighted by Crippen LogP contribution is -2.46. The normalized spacial score (nSPS) is 12.0. The van der Waals surface area contributed by atoms with Crippen LogP contribution >= 0.6 is 0 Å². The van der Waals surface area contributed by atoms with Gasteiger partial charge in [-0.3, -0.25) is 9.59 Å². The molecule has 0 aromatic rings. The zero-order valence-electron chi connectivity index (χ0n) is 8.37. The molecule has 0 aromatic carbocycles. The van der Waals surface area contributed by atoms with Gasteiger partial charge in [-0.15, -0.1) is 0 Å². The highest BCUT2D eigenvalue weighted by molar-refractivity contribution is 7.86. The second-order valence-electron chi connectivity index (χ2n) is 2.92. The van der Waals surface area contributed by atoms with Crippen molar-refractivity contribution in [2.45, 2.75) is 0 Å². The van der Waals surface area contributed by atoms with E-state index in [2.05, 4.69) is 0 Å². The van der Waals surface area contributed by atoms with E-state index < -0.39 is 35.2 Å². The minimum absolute atomic E-state index is 0.484. The summed E-state index contributed by atoms with van der Waals surface area (Å²) in [5.74, 6) is -2.27. The van der Waals surface area contributed by atoms with Gasteiger partial charge in [-0.1, -0.05) is 0 Å². The van der Waals surface area contributed by atoms with E-state index in [-0.39, 0.29) is 0 Å². The molecule has 15 heavy (non-hydrogen) atoms. The molecule has 3 N–H and O–H groups in total. The number of nitrogens with zero attached hydrogens (tertiary/aromatic N) is 2. The molecule has 0 aliphatic rings. The van der Waals surface area contributed by atoms with E-state index in [0.29, 0.717) is 4.31 Å². The van der Waals surface area contributed by atoms with E-state index >= 15 is 0 Å². The molecule has 0 radical (unpaired) electrons. The summed E-state index contributed by atoms with van der Waals surface area (Å²) in [5.41, 5.74) is 4.81. The molecular formula is C6H13N3O5S. The largest absolute Gasteiger partial charge is 0.480 e. The van der Waals surface area contributed by atoms with E-state index in [1.54, 1.807) is 0 Å². The Bertz CT molecular complexity index is 334. The van der Waals surface area contributed by atoms with Crippen molar-refractivity contribution in [2.24, 2.45) is 5.73 Å². The lowest BCUT2D eigenvalue weighted by molar-refractivity contribution is -0.137. The van der Waals surface area contributed by atoms with Crippen molar-refractivity contribution in [2.75, 3.05) is 27.2 Å². The fourth-order valence-corrected chi connectivity index (χ4v) is 1.80. The van der Waals surface area contributed by atoms with Crippen molar-refractivity contribution < 1.29 is 23.1 Å². The van der Waals surface area contributed by atoms with Crippen LogP contribution < -0.4 is 5.73 Å². The minimum atomic E-state index is -3.94. The van der Waals surface area contributed by atoms with Crippen LogP contribution in [0.1, 0.15) is 0 Å². The summed E-state index contributed by atoms with van der Waals surface area (Å²) in [5, 5.41) is 8.47. The fourth-order valence-electron chi connectivity index (χ4n) is 0.775. The minimum Gasteiger partial charge on any atom is -0.480 e. The zero-order valence-corrected chi connectivity index (χ0v) is 9.19. The Hall–Kier alpha value is -1.19. The molecule has 0 aromatic heterocycles. The van der Waals surface area contributed by atoms with Gasteiger partial charge >= 0.3 is 5.97 Å². The van der Waals surface area contributed by atoms with E-state index in [1.807, 2.05) is 0 Å². The third kappa shape index (κ3) is 4.23. The van der Waals surface area contributed by atoms with Gasteiger partial charge in [0, 0.05) is 14.1 Å². The first-order valence-corrected chi connectivity index (χ1v) is 5.25. The number of carboxylic acid groups (broad SMARTS) is 1. The molecule has 88 valence electrons. The number of primary amides is 1. The summed E-state index contributed by atoms with van der Waals surface area (Å²) >= 11 is 0. The first-order valence-electron chi connectivity index (χ1n) is 3.85.